The highest BCUT2D eigenvalue weighted by molar-refractivity contribution is 7.15. The van der Waals surface area contributed by atoms with Gasteiger partial charge in [0, 0.05) is 17.3 Å². The minimum atomic E-state index is -0.529. The summed E-state index contributed by atoms with van der Waals surface area (Å²) < 4.78 is 10.5. The van der Waals surface area contributed by atoms with Crippen molar-refractivity contribution in [2.45, 2.75) is 58.3 Å². The second-order valence-electron chi connectivity index (χ2n) is 7.66. The van der Waals surface area contributed by atoms with Gasteiger partial charge in [0.05, 0.1) is 5.69 Å². The molecule has 0 saturated carbocycles. The molecule has 1 aliphatic carbocycles. The number of fused-ring (bicyclic) bond motifs is 1. The van der Waals surface area contributed by atoms with E-state index in [4.69, 9.17) is 9.47 Å². The van der Waals surface area contributed by atoms with Gasteiger partial charge in [-0.3, -0.25) is 5.32 Å². The number of carbonyl (C=O) groups excluding carboxylic acids is 2. The highest BCUT2D eigenvalue weighted by atomic mass is 32.1. The van der Waals surface area contributed by atoms with Crippen molar-refractivity contribution >= 4 is 28.7 Å². The topological polar surface area (TPSA) is 89.5 Å². The Hall–Kier alpha value is -2.61. The number of hydrogen-bond acceptors (Lipinski definition) is 6. The number of carbonyl (C=O) groups is 2. The molecule has 8 heteroatoms. The van der Waals surface area contributed by atoms with Crippen LogP contribution in [0.4, 0.5) is 14.7 Å². The number of ether oxygens (including phenoxy) is 2. The predicted molar refractivity (Wildman–Crippen MR) is 108 cm³/mol. The minimum Gasteiger partial charge on any atom is -0.444 e. The number of benzene rings is 1. The van der Waals surface area contributed by atoms with Gasteiger partial charge in [0.25, 0.3) is 0 Å². The summed E-state index contributed by atoms with van der Waals surface area (Å²) in [7, 11) is 0. The molecule has 2 amide bonds. The molecule has 1 unspecified atom stereocenters. The van der Waals surface area contributed by atoms with Crippen LogP contribution in [-0.4, -0.2) is 28.8 Å². The second kappa shape index (κ2) is 8.60. The third-order valence-electron chi connectivity index (χ3n) is 4.08. The van der Waals surface area contributed by atoms with Crippen LogP contribution >= 0.6 is 11.3 Å². The molecule has 0 saturated heterocycles. The van der Waals surface area contributed by atoms with Gasteiger partial charge in [-0.2, -0.15) is 0 Å². The van der Waals surface area contributed by atoms with Gasteiger partial charge in [-0.05, 0) is 39.2 Å². The quantitative estimate of drug-likeness (QED) is 0.796. The molecule has 1 aromatic carbocycles. The van der Waals surface area contributed by atoms with Crippen LogP contribution in [0, 0.1) is 0 Å². The first-order valence-electron chi connectivity index (χ1n) is 9.24. The number of rotatable bonds is 4. The first kappa shape index (κ1) is 20.1. The Kier molecular flexibility index (Phi) is 6.18. The molecule has 28 heavy (non-hydrogen) atoms. The highest BCUT2D eigenvalue weighted by Gasteiger charge is 2.26. The van der Waals surface area contributed by atoms with Gasteiger partial charge < -0.3 is 14.8 Å². The van der Waals surface area contributed by atoms with Crippen molar-refractivity contribution < 1.29 is 19.1 Å². The predicted octanol–water partition coefficient (Wildman–Crippen LogP) is 4.27. The number of amides is 2. The number of aryl methyl sites for hydroxylation is 1. The number of aromatic nitrogens is 1. The molecule has 0 fully saturated rings. The van der Waals surface area contributed by atoms with Gasteiger partial charge in [0.15, 0.2) is 5.13 Å². The molecule has 2 N–H and O–H groups in total. The van der Waals surface area contributed by atoms with Crippen molar-refractivity contribution in [3.05, 3.63) is 46.5 Å². The summed E-state index contributed by atoms with van der Waals surface area (Å²) in [6.45, 7) is 5.72. The summed E-state index contributed by atoms with van der Waals surface area (Å²) in [6, 6.07) is 9.50. The molecule has 7 nitrogen and oxygen atoms in total. The molecular formula is C20H25N3O4S. The van der Waals surface area contributed by atoms with Crippen LogP contribution in [0.2, 0.25) is 0 Å². The van der Waals surface area contributed by atoms with E-state index >= 15 is 0 Å². The SMILES string of the molecule is CC(C)(C)OC(=O)NC1CCc2nc(NC(=O)OCc3ccccc3)sc2C1. The average molecular weight is 404 g/mol. The molecule has 1 aliphatic rings. The molecule has 2 aromatic rings. The van der Waals surface area contributed by atoms with Gasteiger partial charge in [-0.25, -0.2) is 14.6 Å². The second-order valence-corrected chi connectivity index (χ2v) is 8.75. The Balaban J connectivity index is 1.50. The number of hydrogen-bond donors (Lipinski definition) is 2. The first-order chi connectivity index (χ1) is 13.3. The van der Waals surface area contributed by atoms with Crippen molar-refractivity contribution in [2.75, 3.05) is 5.32 Å². The summed E-state index contributed by atoms with van der Waals surface area (Å²) in [5.74, 6) is 0. The number of nitrogens with one attached hydrogen (secondary N) is 2. The largest absolute Gasteiger partial charge is 0.444 e. The zero-order valence-corrected chi connectivity index (χ0v) is 17.1. The third kappa shape index (κ3) is 5.95. The Labute approximate surface area is 168 Å². The van der Waals surface area contributed by atoms with E-state index in [-0.39, 0.29) is 12.6 Å². The van der Waals surface area contributed by atoms with Crippen LogP contribution in [0.15, 0.2) is 30.3 Å². The molecule has 1 aromatic heterocycles. The van der Waals surface area contributed by atoms with Crippen LogP contribution in [0.1, 0.15) is 43.3 Å². The lowest BCUT2D eigenvalue weighted by Gasteiger charge is -2.25. The van der Waals surface area contributed by atoms with Gasteiger partial charge >= 0.3 is 12.2 Å². The van der Waals surface area contributed by atoms with Crippen molar-refractivity contribution in [3.63, 3.8) is 0 Å². The highest BCUT2D eigenvalue weighted by Crippen LogP contribution is 2.30. The van der Waals surface area contributed by atoms with Crippen LogP contribution < -0.4 is 10.6 Å². The lowest BCUT2D eigenvalue weighted by Crippen LogP contribution is -2.41. The third-order valence-corrected chi connectivity index (χ3v) is 5.12. The lowest BCUT2D eigenvalue weighted by atomic mass is 9.98. The zero-order chi connectivity index (χ0) is 20.1. The summed E-state index contributed by atoms with van der Waals surface area (Å²) >= 11 is 1.41. The van der Waals surface area contributed by atoms with E-state index < -0.39 is 17.8 Å². The number of anilines is 1. The van der Waals surface area contributed by atoms with E-state index in [1.165, 1.54) is 11.3 Å². The molecule has 150 valence electrons. The maximum atomic E-state index is 12.0. The van der Waals surface area contributed by atoms with Gasteiger partial charge in [0.1, 0.15) is 12.2 Å². The average Bonchev–Trinajstić information content (AvgIpc) is 3.00. The molecule has 0 radical (unpaired) electrons. The fourth-order valence-electron chi connectivity index (χ4n) is 2.87. The first-order valence-corrected chi connectivity index (χ1v) is 10.1. The monoisotopic (exact) mass is 403 g/mol. The van der Waals surface area contributed by atoms with Crippen LogP contribution in [-0.2, 0) is 28.9 Å². The maximum Gasteiger partial charge on any atom is 0.413 e. The lowest BCUT2D eigenvalue weighted by molar-refractivity contribution is 0.0500. The molecule has 0 bridgehead atoms. The van der Waals surface area contributed by atoms with Crippen LogP contribution in [0.25, 0.3) is 0 Å². The van der Waals surface area contributed by atoms with E-state index in [1.54, 1.807) is 0 Å². The van der Waals surface area contributed by atoms with Crippen molar-refractivity contribution in [2.24, 2.45) is 0 Å². The zero-order valence-electron chi connectivity index (χ0n) is 16.3. The summed E-state index contributed by atoms with van der Waals surface area (Å²) in [5, 5.41) is 6.12. The maximum absolute atomic E-state index is 12.0. The molecule has 0 aliphatic heterocycles. The number of thiazole rings is 1. The Bertz CT molecular complexity index is 830. The van der Waals surface area contributed by atoms with Crippen molar-refractivity contribution in [1.82, 2.24) is 10.3 Å². The van der Waals surface area contributed by atoms with Gasteiger partial charge in [-0.15, -0.1) is 11.3 Å². The summed E-state index contributed by atoms with van der Waals surface area (Å²) in [4.78, 5) is 29.5. The Morgan fingerprint density at radius 3 is 2.68 bits per heavy atom. The van der Waals surface area contributed by atoms with E-state index in [0.717, 1.165) is 29.0 Å². The van der Waals surface area contributed by atoms with Gasteiger partial charge in [-0.1, -0.05) is 30.3 Å². The summed E-state index contributed by atoms with van der Waals surface area (Å²) in [5.41, 5.74) is 1.36. The molecule has 0 spiro atoms. The fraction of sp³-hybridized carbons (Fsp3) is 0.450. The van der Waals surface area contributed by atoms with Gasteiger partial charge in [0.2, 0.25) is 0 Å². The number of alkyl carbamates (subject to hydrolysis) is 1. The molecule has 1 heterocycles. The smallest absolute Gasteiger partial charge is 0.413 e. The fourth-order valence-corrected chi connectivity index (χ4v) is 3.95. The van der Waals surface area contributed by atoms with Crippen LogP contribution in [0.5, 0.6) is 0 Å². The Morgan fingerprint density at radius 1 is 1.21 bits per heavy atom. The minimum absolute atomic E-state index is 0.000632. The normalized spacial score (nSPS) is 16.0. The van der Waals surface area contributed by atoms with E-state index in [0.29, 0.717) is 11.6 Å². The number of nitrogens with zero attached hydrogens (tertiary/aromatic N) is 1. The van der Waals surface area contributed by atoms with Crippen LogP contribution in [0.3, 0.4) is 0 Å². The molecule has 3 rings (SSSR count). The van der Waals surface area contributed by atoms with E-state index in [9.17, 15) is 9.59 Å². The van der Waals surface area contributed by atoms with Crippen molar-refractivity contribution in [3.8, 4) is 0 Å². The van der Waals surface area contributed by atoms with E-state index in [2.05, 4.69) is 15.6 Å². The van der Waals surface area contributed by atoms with E-state index in [1.807, 2.05) is 51.1 Å². The summed E-state index contributed by atoms with van der Waals surface area (Å²) in [6.07, 6.45) is 1.26. The molecular weight excluding hydrogens is 378 g/mol. The standard InChI is InChI=1S/C20H25N3O4S/c1-20(2,3)27-19(25)21-14-9-10-15-16(11-14)28-17(22-15)23-18(24)26-12-13-7-5-4-6-8-13/h4-8,14H,9-12H2,1-3H3,(H,21,25)(H,22,23,24). The van der Waals surface area contributed by atoms with Crippen molar-refractivity contribution in [1.29, 1.82) is 0 Å². The Morgan fingerprint density at radius 2 is 1.96 bits per heavy atom. The molecule has 1 atom stereocenters.